The lowest BCUT2D eigenvalue weighted by atomic mass is 10.2. The molecule has 0 N–H and O–H groups in total. The van der Waals surface area contributed by atoms with E-state index in [1.165, 1.54) is 18.5 Å². The highest BCUT2D eigenvalue weighted by atomic mass is 15.2. The lowest BCUT2D eigenvalue weighted by Gasteiger charge is -2.24. The first-order valence-electron chi connectivity index (χ1n) is 6.71. The molecule has 0 unspecified atom stereocenters. The van der Waals surface area contributed by atoms with Crippen LogP contribution < -0.4 is 0 Å². The van der Waals surface area contributed by atoms with Crippen molar-refractivity contribution < 1.29 is 0 Å². The Balaban J connectivity index is 2.34. The van der Waals surface area contributed by atoms with E-state index in [0.717, 1.165) is 26.2 Å². The van der Waals surface area contributed by atoms with Crippen molar-refractivity contribution in [1.29, 1.82) is 0 Å². The van der Waals surface area contributed by atoms with Gasteiger partial charge in [0.1, 0.15) is 0 Å². The van der Waals surface area contributed by atoms with Crippen LogP contribution in [0.25, 0.3) is 0 Å². The molecule has 2 heteroatoms. The number of rotatable bonds is 8. The van der Waals surface area contributed by atoms with E-state index in [1.807, 2.05) is 0 Å². The average Bonchev–Trinajstić information content (AvgIpc) is 2.36. The zero-order valence-electron chi connectivity index (χ0n) is 11.5. The number of hydrogen-bond acceptors (Lipinski definition) is 2. The van der Waals surface area contributed by atoms with Crippen LogP contribution in [-0.4, -0.2) is 43.0 Å². The fraction of sp³-hybridized carbons (Fsp3) is 0.600. The van der Waals surface area contributed by atoms with Crippen LogP contribution in [0.5, 0.6) is 0 Å². The highest BCUT2D eigenvalue weighted by molar-refractivity contribution is 5.14. The maximum atomic E-state index is 2.50. The first kappa shape index (κ1) is 14.2. The Morgan fingerprint density at radius 1 is 0.941 bits per heavy atom. The SMILES string of the molecule is CCCN(C)CCN(CC)Cc1ccccc1. The van der Waals surface area contributed by atoms with E-state index in [-0.39, 0.29) is 0 Å². The van der Waals surface area contributed by atoms with Gasteiger partial charge in [-0.25, -0.2) is 0 Å². The summed E-state index contributed by atoms with van der Waals surface area (Å²) in [7, 11) is 2.21. The van der Waals surface area contributed by atoms with Gasteiger partial charge in [-0.05, 0) is 32.1 Å². The normalized spacial score (nSPS) is 11.4. The monoisotopic (exact) mass is 234 g/mol. The summed E-state index contributed by atoms with van der Waals surface area (Å²) in [4.78, 5) is 4.91. The topological polar surface area (TPSA) is 6.48 Å². The van der Waals surface area contributed by atoms with Crippen LogP contribution in [0, 0.1) is 0 Å². The molecule has 2 nitrogen and oxygen atoms in total. The van der Waals surface area contributed by atoms with E-state index < -0.39 is 0 Å². The maximum Gasteiger partial charge on any atom is 0.0234 e. The van der Waals surface area contributed by atoms with Gasteiger partial charge in [-0.15, -0.1) is 0 Å². The first-order chi connectivity index (χ1) is 8.26. The molecule has 96 valence electrons. The molecule has 0 amide bonds. The van der Waals surface area contributed by atoms with Gasteiger partial charge in [0.2, 0.25) is 0 Å². The van der Waals surface area contributed by atoms with Crippen LogP contribution >= 0.6 is 0 Å². The second-order valence-corrected chi connectivity index (χ2v) is 4.66. The average molecular weight is 234 g/mol. The largest absolute Gasteiger partial charge is 0.305 e. The van der Waals surface area contributed by atoms with Crippen LogP contribution in [0.3, 0.4) is 0 Å². The van der Waals surface area contributed by atoms with Crippen LogP contribution in [0.4, 0.5) is 0 Å². The number of likely N-dealkylation sites (N-methyl/N-ethyl adjacent to an activating group) is 2. The van der Waals surface area contributed by atoms with Crippen molar-refractivity contribution in [3.8, 4) is 0 Å². The third-order valence-corrected chi connectivity index (χ3v) is 3.10. The minimum atomic E-state index is 1.07. The fourth-order valence-corrected chi connectivity index (χ4v) is 2.00. The minimum absolute atomic E-state index is 1.07. The molecule has 1 aromatic rings. The van der Waals surface area contributed by atoms with Crippen molar-refractivity contribution in [3.63, 3.8) is 0 Å². The highest BCUT2D eigenvalue weighted by Gasteiger charge is 2.04. The predicted octanol–water partition coefficient (Wildman–Crippen LogP) is 2.85. The summed E-state index contributed by atoms with van der Waals surface area (Å²) in [5.41, 5.74) is 1.41. The summed E-state index contributed by atoms with van der Waals surface area (Å²) < 4.78 is 0. The van der Waals surface area contributed by atoms with Gasteiger partial charge in [0, 0.05) is 19.6 Å². The Kier molecular flexibility index (Phi) is 6.90. The molecule has 0 radical (unpaired) electrons. The summed E-state index contributed by atoms with van der Waals surface area (Å²) >= 11 is 0. The number of benzene rings is 1. The molecule has 0 aliphatic rings. The standard InChI is InChI=1S/C15H26N2/c1-4-11-16(3)12-13-17(5-2)14-15-9-7-6-8-10-15/h6-10H,4-5,11-14H2,1-3H3. The van der Waals surface area contributed by atoms with Crippen molar-refractivity contribution in [1.82, 2.24) is 9.80 Å². The smallest absolute Gasteiger partial charge is 0.0234 e. The molecule has 0 fully saturated rings. The lowest BCUT2D eigenvalue weighted by molar-refractivity contribution is 0.227. The zero-order chi connectivity index (χ0) is 12.5. The van der Waals surface area contributed by atoms with Crippen LogP contribution in [0.1, 0.15) is 25.8 Å². The van der Waals surface area contributed by atoms with E-state index in [9.17, 15) is 0 Å². The third-order valence-electron chi connectivity index (χ3n) is 3.10. The Bertz CT molecular complexity index is 284. The van der Waals surface area contributed by atoms with Gasteiger partial charge in [0.25, 0.3) is 0 Å². The van der Waals surface area contributed by atoms with Crippen molar-refractivity contribution in [2.45, 2.75) is 26.8 Å². The Hall–Kier alpha value is -0.860. The molecule has 0 heterocycles. The van der Waals surface area contributed by atoms with Gasteiger partial charge in [0.05, 0.1) is 0 Å². The van der Waals surface area contributed by atoms with Crippen molar-refractivity contribution in [2.24, 2.45) is 0 Å². The van der Waals surface area contributed by atoms with Gasteiger partial charge in [-0.3, -0.25) is 4.90 Å². The molecule has 1 aromatic carbocycles. The van der Waals surface area contributed by atoms with Gasteiger partial charge in [-0.1, -0.05) is 44.2 Å². The van der Waals surface area contributed by atoms with Crippen molar-refractivity contribution in [3.05, 3.63) is 35.9 Å². The Morgan fingerprint density at radius 3 is 2.24 bits per heavy atom. The lowest BCUT2D eigenvalue weighted by Crippen LogP contribution is -2.33. The minimum Gasteiger partial charge on any atom is -0.305 e. The predicted molar refractivity (Wildman–Crippen MR) is 75.2 cm³/mol. The molecule has 0 aromatic heterocycles. The second kappa shape index (κ2) is 8.26. The second-order valence-electron chi connectivity index (χ2n) is 4.66. The molecule has 0 saturated carbocycles. The van der Waals surface area contributed by atoms with E-state index in [2.05, 4.69) is 61.0 Å². The molecule has 0 spiro atoms. The zero-order valence-corrected chi connectivity index (χ0v) is 11.5. The van der Waals surface area contributed by atoms with Gasteiger partial charge in [0.15, 0.2) is 0 Å². The van der Waals surface area contributed by atoms with E-state index in [1.54, 1.807) is 0 Å². The van der Waals surface area contributed by atoms with E-state index >= 15 is 0 Å². The summed E-state index contributed by atoms with van der Waals surface area (Å²) in [6.07, 6.45) is 1.24. The summed E-state index contributed by atoms with van der Waals surface area (Å²) in [5, 5.41) is 0. The third kappa shape index (κ3) is 5.85. The van der Waals surface area contributed by atoms with E-state index in [4.69, 9.17) is 0 Å². The van der Waals surface area contributed by atoms with Crippen molar-refractivity contribution >= 4 is 0 Å². The van der Waals surface area contributed by atoms with Crippen LogP contribution in [0.15, 0.2) is 30.3 Å². The highest BCUT2D eigenvalue weighted by Crippen LogP contribution is 2.04. The summed E-state index contributed by atoms with van der Waals surface area (Å²) in [6.45, 7) is 10.2. The van der Waals surface area contributed by atoms with Gasteiger partial charge in [-0.2, -0.15) is 0 Å². The molecule has 0 atom stereocenters. The van der Waals surface area contributed by atoms with Crippen molar-refractivity contribution in [2.75, 3.05) is 33.2 Å². The van der Waals surface area contributed by atoms with Crippen LogP contribution in [-0.2, 0) is 6.54 Å². The molecule has 17 heavy (non-hydrogen) atoms. The maximum absolute atomic E-state index is 2.50. The summed E-state index contributed by atoms with van der Waals surface area (Å²) in [6, 6.07) is 10.7. The molecule has 1 rings (SSSR count). The van der Waals surface area contributed by atoms with Gasteiger partial charge < -0.3 is 4.90 Å². The number of nitrogens with zero attached hydrogens (tertiary/aromatic N) is 2. The molecule has 0 saturated heterocycles. The molecule has 0 aliphatic heterocycles. The van der Waals surface area contributed by atoms with E-state index in [0.29, 0.717) is 0 Å². The fourth-order valence-electron chi connectivity index (χ4n) is 2.00. The first-order valence-corrected chi connectivity index (χ1v) is 6.71. The summed E-state index contributed by atoms with van der Waals surface area (Å²) in [5.74, 6) is 0. The quantitative estimate of drug-likeness (QED) is 0.682. The van der Waals surface area contributed by atoms with Gasteiger partial charge >= 0.3 is 0 Å². The molecular weight excluding hydrogens is 208 g/mol. The number of hydrogen-bond donors (Lipinski definition) is 0. The molecule has 0 aliphatic carbocycles. The molecular formula is C15H26N2. The Morgan fingerprint density at radius 2 is 1.65 bits per heavy atom. The van der Waals surface area contributed by atoms with Crippen LogP contribution in [0.2, 0.25) is 0 Å². The Labute approximate surface area is 106 Å². The molecule has 0 bridgehead atoms.